The molecule has 2 aliphatic rings. The number of nitrogens with one attached hydrogen (secondary N) is 1. The summed E-state index contributed by atoms with van der Waals surface area (Å²) in [5.41, 5.74) is 3.11. The third kappa shape index (κ3) is 3.94. The Morgan fingerprint density at radius 3 is 2.85 bits per heavy atom. The molecule has 0 saturated carbocycles. The molecule has 1 aromatic heterocycles. The minimum Gasteiger partial charge on any atom is -0.373 e. The zero-order valence-corrected chi connectivity index (χ0v) is 16.5. The standard InChI is InChI=1S/C19H25ClN6O/c1-24(2)11-15-12-26(23-22-15)16-5-7-25(8-6-16)19(27)18-10-13-9-14(20)3-4-17(13)21-18/h3-4,9,12,16,18,21H,5-8,10-11H2,1-2H3/t18-/m0/s1. The number of nitrogens with zero attached hydrogens (tertiary/aromatic N) is 5. The van der Waals surface area contributed by atoms with Crippen molar-refractivity contribution >= 4 is 23.2 Å². The lowest BCUT2D eigenvalue weighted by Gasteiger charge is -2.33. The lowest BCUT2D eigenvalue weighted by atomic mass is 10.0. The van der Waals surface area contributed by atoms with Crippen LogP contribution in [-0.2, 0) is 17.8 Å². The summed E-state index contributed by atoms with van der Waals surface area (Å²) in [7, 11) is 4.04. The van der Waals surface area contributed by atoms with E-state index >= 15 is 0 Å². The van der Waals surface area contributed by atoms with E-state index < -0.39 is 0 Å². The van der Waals surface area contributed by atoms with Gasteiger partial charge in [0, 0.05) is 36.8 Å². The molecule has 4 rings (SSSR count). The molecule has 7 nitrogen and oxygen atoms in total. The fourth-order valence-electron chi connectivity index (χ4n) is 3.94. The highest BCUT2D eigenvalue weighted by Crippen LogP contribution is 2.30. The van der Waals surface area contributed by atoms with Gasteiger partial charge in [-0.05, 0) is 50.7 Å². The first-order valence-corrected chi connectivity index (χ1v) is 9.76. The molecule has 2 aliphatic heterocycles. The highest BCUT2D eigenvalue weighted by Gasteiger charge is 2.32. The van der Waals surface area contributed by atoms with Gasteiger partial charge in [0.15, 0.2) is 0 Å². The predicted octanol–water partition coefficient (Wildman–Crippen LogP) is 2.19. The summed E-state index contributed by atoms with van der Waals surface area (Å²) in [5.74, 6) is 0.174. The highest BCUT2D eigenvalue weighted by atomic mass is 35.5. The molecule has 3 heterocycles. The Morgan fingerprint density at radius 2 is 2.11 bits per heavy atom. The topological polar surface area (TPSA) is 66.3 Å². The van der Waals surface area contributed by atoms with Crippen molar-refractivity contribution in [2.75, 3.05) is 32.5 Å². The van der Waals surface area contributed by atoms with Crippen molar-refractivity contribution in [1.82, 2.24) is 24.8 Å². The number of hydrogen-bond donors (Lipinski definition) is 1. The average molecular weight is 389 g/mol. The Kier molecular flexibility index (Phi) is 5.06. The molecule has 0 spiro atoms. The van der Waals surface area contributed by atoms with E-state index in [0.29, 0.717) is 17.5 Å². The Hall–Kier alpha value is -2.12. The number of anilines is 1. The fourth-order valence-corrected chi connectivity index (χ4v) is 4.13. The van der Waals surface area contributed by atoms with Gasteiger partial charge < -0.3 is 15.1 Å². The van der Waals surface area contributed by atoms with Crippen molar-refractivity contribution in [3.63, 3.8) is 0 Å². The Morgan fingerprint density at radius 1 is 1.33 bits per heavy atom. The largest absolute Gasteiger partial charge is 0.373 e. The van der Waals surface area contributed by atoms with Crippen LogP contribution in [0.2, 0.25) is 5.02 Å². The molecule has 1 aromatic carbocycles. The Labute approximate surface area is 164 Å². The predicted molar refractivity (Wildman–Crippen MR) is 105 cm³/mol. The fraction of sp³-hybridized carbons (Fsp3) is 0.526. The van der Waals surface area contributed by atoms with Crippen LogP contribution in [0.5, 0.6) is 0 Å². The first-order valence-electron chi connectivity index (χ1n) is 9.39. The zero-order chi connectivity index (χ0) is 19.0. The molecule has 1 saturated heterocycles. The highest BCUT2D eigenvalue weighted by molar-refractivity contribution is 6.30. The number of aromatic nitrogens is 3. The van der Waals surface area contributed by atoms with Crippen LogP contribution in [0.3, 0.4) is 0 Å². The lowest BCUT2D eigenvalue weighted by molar-refractivity contribution is -0.133. The summed E-state index contributed by atoms with van der Waals surface area (Å²) in [5, 5.41) is 12.6. The molecule has 0 radical (unpaired) electrons. The molecule has 0 unspecified atom stereocenters. The van der Waals surface area contributed by atoms with E-state index in [4.69, 9.17) is 11.6 Å². The average Bonchev–Trinajstić information content (AvgIpc) is 3.27. The third-order valence-electron chi connectivity index (χ3n) is 5.31. The number of fused-ring (bicyclic) bond motifs is 1. The summed E-state index contributed by atoms with van der Waals surface area (Å²) >= 11 is 6.06. The van der Waals surface area contributed by atoms with E-state index in [0.717, 1.165) is 49.4 Å². The van der Waals surface area contributed by atoms with Crippen LogP contribution in [0.4, 0.5) is 5.69 Å². The van der Waals surface area contributed by atoms with Crippen LogP contribution in [0.1, 0.15) is 30.1 Å². The monoisotopic (exact) mass is 388 g/mol. The van der Waals surface area contributed by atoms with Crippen molar-refractivity contribution in [2.45, 2.75) is 37.9 Å². The number of rotatable bonds is 4. The summed E-state index contributed by atoms with van der Waals surface area (Å²) in [6, 6.07) is 5.87. The van der Waals surface area contributed by atoms with Gasteiger partial charge in [-0.25, -0.2) is 4.68 Å². The molecular weight excluding hydrogens is 364 g/mol. The maximum Gasteiger partial charge on any atom is 0.245 e. The first kappa shape index (κ1) is 18.3. The molecule has 0 bridgehead atoms. The Bertz CT molecular complexity index is 827. The number of carbonyl (C=O) groups excluding carboxylic acids is 1. The Balaban J connectivity index is 1.33. The van der Waals surface area contributed by atoms with E-state index in [1.54, 1.807) is 0 Å². The summed E-state index contributed by atoms with van der Waals surface area (Å²) in [4.78, 5) is 17.0. The van der Waals surface area contributed by atoms with E-state index in [2.05, 4.69) is 20.5 Å². The maximum absolute atomic E-state index is 12.9. The molecule has 27 heavy (non-hydrogen) atoms. The van der Waals surface area contributed by atoms with Crippen molar-refractivity contribution in [1.29, 1.82) is 0 Å². The number of halogens is 1. The smallest absolute Gasteiger partial charge is 0.245 e. The van der Waals surface area contributed by atoms with Gasteiger partial charge in [0.25, 0.3) is 0 Å². The van der Waals surface area contributed by atoms with Crippen molar-refractivity contribution < 1.29 is 4.79 Å². The number of hydrogen-bond acceptors (Lipinski definition) is 5. The molecule has 1 N–H and O–H groups in total. The number of piperidine rings is 1. The van der Waals surface area contributed by atoms with Crippen molar-refractivity contribution in [3.05, 3.63) is 40.7 Å². The lowest BCUT2D eigenvalue weighted by Crippen LogP contribution is -2.46. The van der Waals surface area contributed by atoms with Crippen LogP contribution < -0.4 is 5.32 Å². The molecule has 0 aliphatic carbocycles. The molecular formula is C19H25ClN6O. The van der Waals surface area contributed by atoms with E-state index in [9.17, 15) is 4.79 Å². The van der Waals surface area contributed by atoms with Crippen LogP contribution in [0, 0.1) is 0 Å². The first-order chi connectivity index (χ1) is 13.0. The van der Waals surface area contributed by atoms with Gasteiger partial charge in [0.1, 0.15) is 6.04 Å². The number of benzene rings is 1. The second-order valence-corrected chi connectivity index (χ2v) is 8.12. The molecule has 8 heteroatoms. The van der Waals surface area contributed by atoms with Gasteiger partial charge in [-0.3, -0.25) is 4.79 Å². The number of likely N-dealkylation sites (tertiary alicyclic amines) is 1. The molecule has 144 valence electrons. The van der Waals surface area contributed by atoms with Gasteiger partial charge >= 0.3 is 0 Å². The van der Waals surface area contributed by atoms with E-state index in [-0.39, 0.29) is 11.9 Å². The maximum atomic E-state index is 12.9. The normalized spacial score (nSPS) is 20.0. The van der Waals surface area contributed by atoms with Gasteiger partial charge in [-0.2, -0.15) is 0 Å². The molecule has 2 aromatic rings. The van der Waals surface area contributed by atoms with Gasteiger partial charge in [-0.15, -0.1) is 5.10 Å². The second-order valence-electron chi connectivity index (χ2n) is 7.69. The number of amides is 1. The SMILES string of the molecule is CN(C)Cc1cn(C2CCN(C(=O)[C@@H]3Cc4cc(Cl)ccc4N3)CC2)nn1. The summed E-state index contributed by atoms with van der Waals surface area (Å²) in [6.45, 7) is 2.29. The van der Waals surface area contributed by atoms with E-state index in [1.807, 2.05) is 48.1 Å². The third-order valence-corrected chi connectivity index (χ3v) is 5.54. The minimum absolute atomic E-state index is 0.174. The van der Waals surface area contributed by atoms with Crippen molar-refractivity contribution in [3.8, 4) is 0 Å². The molecule has 1 amide bonds. The van der Waals surface area contributed by atoms with Crippen LogP contribution in [0.25, 0.3) is 0 Å². The minimum atomic E-state index is -0.187. The number of carbonyl (C=O) groups is 1. The van der Waals surface area contributed by atoms with E-state index in [1.165, 1.54) is 0 Å². The molecule has 1 atom stereocenters. The molecule has 1 fully saturated rings. The van der Waals surface area contributed by atoms with Crippen molar-refractivity contribution in [2.24, 2.45) is 0 Å². The quantitative estimate of drug-likeness (QED) is 0.869. The van der Waals surface area contributed by atoms with Crippen LogP contribution in [0.15, 0.2) is 24.4 Å². The van der Waals surface area contributed by atoms with Gasteiger partial charge in [0.2, 0.25) is 5.91 Å². The summed E-state index contributed by atoms with van der Waals surface area (Å²) < 4.78 is 1.96. The van der Waals surface area contributed by atoms with Gasteiger partial charge in [0.05, 0.1) is 17.9 Å². The zero-order valence-electron chi connectivity index (χ0n) is 15.7. The van der Waals surface area contributed by atoms with Crippen LogP contribution >= 0.6 is 11.6 Å². The van der Waals surface area contributed by atoms with Gasteiger partial charge in [-0.1, -0.05) is 16.8 Å². The summed E-state index contributed by atoms with van der Waals surface area (Å²) in [6.07, 6.45) is 4.54. The second kappa shape index (κ2) is 7.48. The van der Waals surface area contributed by atoms with Crippen LogP contribution in [-0.4, -0.2) is 63.9 Å².